The minimum atomic E-state index is 0.647. The van der Waals surface area contributed by atoms with Crippen molar-refractivity contribution < 1.29 is 0 Å². The first-order valence-electron chi connectivity index (χ1n) is 8.85. The van der Waals surface area contributed by atoms with Gasteiger partial charge < -0.3 is 5.73 Å². The summed E-state index contributed by atoms with van der Waals surface area (Å²) in [6, 6.07) is 3.65. The molecule has 0 bridgehead atoms. The van der Waals surface area contributed by atoms with Crippen LogP contribution < -0.4 is 5.73 Å². The van der Waals surface area contributed by atoms with Crippen molar-refractivity contribution in [1.29, 1.82) is 0 Å². The zero-order valence-corrected chi connectivity index (χ0v) is 13.2. The molecule has 2 N–H and O–H groups in total. The molecule has 118 valence electrons. The Morgan fingerprint density at radius 1 is 1.14 bits per heavy atom. The van der Waals surface area contributed by atoms with Crippen molar-refractivity contribution in [2.24, 2.45) is 5.73 Å². The van der Waals surface area contributed by atoms with Crippen molar-refractivity contribution in [2.75, 3.05) is 13.1 Å². The van der Waals surface area contributed by atoms with Crippen molar-refractivity contribution in [3.8, 4) is 0 Å². The molecule has 1 aromatic heterocycles. The molecule has 2 aliphatic rings. The van der Waals surface area contributed by atoms with Crippen molar-refractivity contribution >= 4 is 0 Å². The predicted molar refractivity (Wildman–Crippen MR) is 86.1 cm³/mol. The monoisotopic (exact) mass is 290 g/mol. The molecule has 0 amide bonds. The molecule has 21 heavy (non-hydrogen) atoms. The summed E-state index contributed by atoms with van der Waals surface area (Å²) in [4.78, 5) is 2.60. The second-order valence-electron chi connectivity index (χ2n) is 6.78. The second kappa shape index (κ2) is 7.41. The van der Waals surface area contributed by atoms with Crippen LogP contribution in [0, 0.1) is 0 Å². The van der Waals surface area contributed by atoms with Crippen LogP contribution in [0.5, 0.6) is 0 Å². The first-order valence-corrected chi connectivity index (χ1v) is 8.85. The van der Waals surface area contributed by atoms with Crippen LogP contribution >= 0.6 is 0 Å². The maximum Gasteiger partial charge on any atom is 0.0765 e. The molecule has 0 aromatic carbocycles. The smallest absolute Gasteiger partial charge is 0.0765 e. The average molecular weight is 290 g/mol. The van der Waals surface area contributed by atoms with Gasteiger partial charge in [-0.3, -0.25) is 9.58 Å². The zero-order chi connectivity index (χ0) is 14.5. The predicted octanol–water partition coefficient (Wildman–Crippen LogP) is 3.09. The van der Waals surface area contributed by atoms with Crippen LogP contribution in [0.3, 0.4) is 0 Å². The van der Waals surface area contributed by atoms with Crippen molar-refractivity contribution in [3.63, 3.8) is 0 Å². The van der Waals surface area contributed by atoms with E-state index in [2.05, 4.69) is 21.8 Å². The number of hydrogen-bond donors (Lipinski definition) is 1. The highest BCUT2D eigenvalue weighted by Gasteiger charge is 2.25. The lowest BCUT2D eigenvalue weighted by Crippen LogP contribution is -2.40. The van der Waals surface area contributed by atoms with Crippen LogP contribution in [0.15, 0.2) is 12.3 Å². The van der Waals surface area contributed by atoms with Crippen LogP contribution in [-0.2, 0) is 6.54 Å². The largest absolute Gasteiger partial charge is 0.330 e. The van der Waals surface area contributed by atoms with E-state index < -0.39 is 0 Å². The third-order valence-corrected chi connectivity index (χ3v) is 5.22. The van der Waals surface area contributed by atoms with Gasteiger partial charge in [-0.25, -0.2) is 0 Å². The lowest BCUT2D eigenvalue weighted by molar-refractivity contribution is 0.117. The van der Waals surface area contributed by atoms with Gasteiger partial charge in [0.25, 0.3) is 0 Å². The van der Waals surface area contributed by atoms with Gasteiger partial charge >= 0.3 is 0 Å². The fourth-order valence-electron chi connectivity index (χ4n) is 3.66. The van der Waals surface area contributed by atoms with Crippen LogP contribution in [-0.4, -0.2) is 33.8 Å². The molecule has 0 aliphatic heterocycles. The normalized spacial score (nSPS) is 20.9. The van der Waals surface area contributed by atoms with Crippen molar-refractivity contribution in [2.45, 2.75) is 76.4 Å². The maximum atomic E-state index is 5.69. The quantitative estimate of drug-likeness (QED) is 0.839. The zero-order valence-electron chi connectivity index (χ0n) is 13.2. The number of hydrogen-bond acceptors (Lipinski definition) is 3. The Labute approximate surface area is 128 Å². The van der Waals surface area contributed by atoms with E-state index in [4.69, 9.17) is 10.8 Å². The van der Waals surface area contributed by atoms with E-state index in [0.717, 1.165) is 32.1 Å². The highest BCUT2D eigenvalue weighted by molar-refractivity contribution is 5.01. The van der Waals surface area contributed by atoms with Crippen molar-refractivity contribution in [3.05, 3.63) is 18.0 Å². The minimum absolute atomic E-state index is 0.647. The number of nitrogens with two attached hydrogens (primary N) is 1. The molecule has 4 heteroatoms. The summed E-state index contributed by atoms with van der Waals surface area (Å²) in [7, 11) is 0. The topological polar surface area (TPSA) is 47.1 Å². The summed E-state index contributed by atoms with van der Waals surface area (Å²) in [5, 5.41) is 4.87. The van der Waals surface area contributed by atoms with Gasteiger partial charge in [-0.05, 0) is 44.7 Å². The second-order valence-corrected chi connectivity index (χ2v) is 6.78. The van der Waals surface area contributed by atoms with E-state index in [0.29, 0.717) is 6.04 Å². The highest BCUT2D eigenvalue weighted by Crippen LogP contribution is 2.28. The molecule has 4 nitrogen and oxygen atoms in total. The molecule has 0 atom stereocenters. The Bertz CT molecular complexity index is 418. The molecule has 0 spiro atoms. The maximum absolute atomic E-state index is 5.69. The van der Waals surface area contributed by atoms with Crippen LogP contribution in [0.25, 0.3) is 0 Å². The molecule has 0 saturated heterocycles. The average Bonchev–Trinajstić information content (AvgIpc) is 2.92. The SMILES string of the molecule is NCCCN(Cc1ccn(C2CCCCC2)n1)C1CCC1. The van der Waals surface area contributed by atoms with Gasteiger partial charge in [0.05, 0.1) is 11.7 Å². The lowest BCUT2D eigenvalue weighted by Gasteiger charge is -2.37. The van der Waals surface area contributed by atoms with Gasteiger partial charge in [-0.1, -0.05) is 25.7 Å². The van der Waals surface area contributed by atoms with E-state index in [9.17, 15) is 0 Å². The Kier molecular flexibility index (Phi) is 5.31. The third-order valence-electron chi connectivity index (χ3n) is 5.22. The Morgan fingerprint density at radius 2 is 1.95 bits per heavy atom. The standard InChI is InChI=1S/C17H30N4/c18-11-5-12-20(16-8-4-9-16)14-15-10-13-21(19-15)17-6-2-1-3-7-17/h10,13,16-17H,1-9,11-12,14,18H2. The number of nitrogens with zero attached hydrogens (tertiary/aromatic N) is 3. The summed E-state index contributed by atoms with van der Waals surface area (Å²) in [5.41, 5.74) is 6.93. The molecule has 0 radical (unpaired) electrons. The molecule has 0 unspecified atom stereocenters. The summed E-state index contributed by atoms with van der Waals surface area (Å²) >= 11 is 0. The number of rotatable bonds is 7. The summed E-state index contributed by atoms with van der Waals surface area (Å²) in [5.74, 6) is 0. The summed E-state index contributed by atoms with van der Waals surface area (Å²) in [6.07, 6.45) is 14.1. The molecule has 1 aromatic rings. The molecule has 2 aliphatic carbocycles. The van der Waals surface area contributed by atoms with Gasteiger partial charge in [-0.2, -0.15) is 5.10 Å². The van der Waals surface area contributed by atoms with E-state index in [1.165, 1.54) is 57.1 Å². The molecule has 2 saturated carbocycles. The fourth-order valence-corrected chi connectivity index (χ4v) is 3.66. The van der Waals surface area contributed by atoms with Gasteiger partial charge in [0, 0.05) is 25.3 Å². The highest BCUT2D eigenvalue weighted by atomic mass is 15.3. The first kappa shape index (κ1) is 15.0. The van der Waals surface area contributed by atoms with Crippen LogP contribution in [0.1, 0.15) is 69.5 Å². The Hall–Kier alpha value is -0.870. The molecular formula is C17H30N4. The molecular weight excluding hydrogens is 260 g/mol. The van der Waals surface area contributed by atoms with E-state index in [1.54, 1.807) is 0 Å². The van der Waals surface area contributed by atoms with Crippen LogP contribution in [0.4, 0.5) is 0 Å². The van der Waals surface area contributed by atoms with Gasteiger partial charge in [0.2, 0.25) is 0 Å². The third kappa shape index (κ3) is 3.86. The first-order chi connectivity index (χ1) is 10.4. The van der Waals surface area contributed by atoms with Crippen molar-refractivity contribution in [1.82, 2.24) is 14.7 Å². The van der Waals surface area contributed by atoms with E-state index >= 15 is 0 Å². The summed E-state index contributed by atoms with van der Waals surface area (Å²) < 4.78 is 2.23. The summed E-state index contributed by atoms with van der Waals surface area (Å²) in [6.45, 7) is 2.92. The molecule has 2 fully saturated rings. The van der Waals surface area contributed by atoms with E-state index in [-0.39, 0.29) is 0 Å². The fraction of sp³-hybridized carbons (Fsp3) is 0.824. The van der Waals surface area contributed by atoms with Gasteiger partial charge in [0.15, 0.2) is 0 Å². The number of aromatic nitrogens is 2. The lowest BCUT2D eigenvalue weighted by atomic mass is 9.91. The Morgan fingerprint density at radius 3 is 2.62 bits per heavy atom. The minimum Gasteiger partial charge on any atom is -0.330 e. The molecule has 3 rings (SSSR count). The Balaban J connectivity index is 1.58. The van der Waals surface area contributed by atoms with Gasteiger partial charge in [0.1, 0.15) is 0 Å². The van der Waals surface area contributed by atoms with E-state index in [1.807, 2.05) is 0 Å². The molecule has 1 heterocycles. The van der Waals surface area contributed by atoms with Crippen LogP contribution in [0.2, 0.25) is 0 Å². The van der Waals surface area contributed by atoms with Gasteiger partial charge in [-0.15, -0.1) is 0 Å².